The minimum Gasteiger partial charge on any atom is -0.492 e. The van der Waals surface area contributed by atoms with E-state index in [1.165, 1.54) is 0 Å². The van der Waals surface area contributed by atoms with E-state index in [1.54, 1.807) is 0 Å². The van der Waals surface area contributed by atoms with Crippen molar-refractivity contribution in [3.8, 4) is 5.75 Å². The number of para-hydroxylation sites is 2. The molecule has 1 aromatic heterocycles. The van der Waals surface area contributed by atoms with Gasteiger partial charge >= 0.3 is 0 Å². The lowest BCUT2D eigenvalue weighted by atomic mass is 10.2. The molecule has 0 radical (unpaired) electrons. The summed E-state index contributed by atoms with van der Waals surface area (Å²) in [5, 5.41) is 3.41. The summed E-state index contributed by atoms with van der Waals surface area (Å²) in [6.07, 6.45) is 0. The Hall–Kier alpha value is -1.90. The molecule has 3 nitrogen and oxygen atoms in total. The van der Waals surface area contributed by atoms with Crippen molar-refractivity contribution in [2.75, 3.05) is 11.9 Å². The fraction of sp³-hybridized carbons (Fsp3) is 0.333. The normalized spacial score (nSPS) is 12.2. The van der Waals surface area contributed by atoms with Gasteiger partial charge in [0.2, 0.25) is 0 Å². The number of aryl methyl sites for hydroxylation is 1. The Labute approximate surface area is 108 Å². The average molecular weight is 245 g/mol. The van der Waals surface area contributed by atoms with Crippen LogP contribution in [-0.2, 0) is 0 Å². The van der Waals surface area contributed by atoms with E-state index in [-0.39, 0.29) is 6.04 Å². The first-order valence-electron chi connectivity index (χ1n) is 6.25. The van der Waals surface area contributed by atoms with Crippen LogP contribution in [0.1, 0.15) is 31.4 Å². The van der Waals surface area contributed by atoms with Gasteiger partial charge in [0, 0.05) is 0 Å². The predicted octanol–water partition coefficient (Wildman–Crippen LogP) is 4.16. The van der Waals surface area contributed by atoms with Crippen LogP contribution in [0.4, 0.5) is 5.69 Å². The largest absolute Gasteiger partial charge is 0.492 e. The molecule has 3 heteroatoms. The molecule has 2 aromatic rings. The molecule has 1 atom stereocenters. The molecule has 0 saturated carbocycles. The number of hydrogen-bond acceptors (Lipinski definition) is 3. The van der Waals surface area contributed by atoms with Crippen LogP contribution < -0.4 is 10.1 Å². The minimum atomic E-state index is 0.111. The first-order chi connectivity index (χ1) is 8.70. The number of benzene rings is 1. The number of furan rings is 1. The van der Waals surface area contributed by atoms with Gasteiger partial charge in [-0.05, 0) is 45.0 Å². The molecule has 1 aromatic carbocycles. The second-order valence-corrected chi connectivity index (χ2v) is 4.24. The molecule has 0 bridgehead atoms. The summed E-state index contributed by atoms with van der Waals surface area (Å²) in [4.78, 5) is 0. The fourth-order valence-electron chi connectivity index (χ4n) is 1.86. The molecule has 0 amide bonds. The molecular weight excluding hydrogens is 226 g/mol. The van der Waals surface area contributed by atoms with Gasteiger partial charge in [-0.2, -0.15) is 0 Å². The third-order valence-corrected chi connectivity index (χ3v) is 2.75. The first-order valence-corrected chi connectivity index (χ1v) is 6.25. The number of hydrogen-bond donors (Lipinski definition) is 1. The maximum atomic E-state index is 5.61. The van der Waals surface area contributed by atoms with Gasteiger partial charge in [-0.25, -0.2) is 0 Å². The van der Waals surface area contributed by atoms with Crippen LogP contribution >= 0.6 is 0 Å². The van der Waals surface area contributed by atoms with Crippen molar-refractivity contribution in [1.82, 2.24) is 0 Å². The summed E-state index contributed by atoms with van der Waals surface area (Å²) in [7, 11) is 0. The van der Waals surface area contributed by atoms with Crippen LogP contribution in [-0.4, -0.2) is 6.61 Å². The maximum absolute atomic E-state index is 5.61. The highest BCUT2D eigenvalue weighted by Crippen LogP contribution is 2.28. The molecule has 0 spiro atoms. The van der Waals surface area contributed by atoms with Gasteiger partial charge in [-0.1, -0.05) is 12.1 Å². The molecule has 0 aliphatic carbocycles. The van der Waals surface area contributed by atoms with E-state index < -0.39 is 0 Å². The standard InChI is InChI=1S/C15H19NO2/c1-4-17-15-8-6-5-7-13(15)16-12(3)14-10-9-11(2)18-14/h5-10,12,16H,4H2,1-3H3. The zero-order valence-corrected chi connectivity index (χ0v) is 11.1. The molecule has 96 valence electrons. The van der Waals surface area contributed by atoms with Gasteiger partial charge < -0.3 is 14.5 Å². The molecule has 1 heterocycles. The Morgan fingerprint density at radius 3 is 2.67 bits per heavy atom. The highest BCUT2D eigenvalue weighted by molar-refractivity contribution is 5.57. The van der Waals surface area contributed by atoms with Gasteiger partial charge in [-0.15, -0.1) is 0 Å². The Balaban J connectivity index is 2.13. The smallest absolute Gasteiger partial charge is 0.142 e. The monoisotopic (exact) mass is 245 g/mol. The SMILES string of the molecule is CCOc1ccccc1NC(C)c1ccc(C)o1. The summed E-state index contributed by atoms with van der Waals surface area (Å²) in [5.74, 6) is 2.73. The van der Waals surface area contributed by atoms with Crippen molar-refractivity contribution in [3.63, 3.8) is 0 Å². The van der Waals surface area contributed by atoms with E-state index >= 15 is 0 Å². The molecule has 0 fully saturated rings. The van der Waals surface area contributed by atoms with Crippen molar-refractivity contribution >= 4 is 5.69 Å². The Kier molecular flexibility index (Phi) is 3.92. The predicted molar refractivity (Wildman–Crippen MR) is 73.1 cm³/mol. The molecule has 1 N–H and O–H groups in total. The highest BCUT2D eigenvalue weighted by Gasteiger charge is 2.11. The lowest BCUT2D eigenvalue weighted by molar-refractivity contribution is 0.341. The quantitative estimate of drug-likeness (QED) is 0.858. The zero-order chi connectivity index (χ0) is 13.0. The highest BCUT2D eigenvalue weighted by atomic mass is 16.5. The fourth-order valence-corrected chi connectivity index (χ4v) is 1.86. The van der Waals surface area contributed by atoms with E-state index in [4.69, 9.17) is 9.15 Å². The number of anilines is 1. The van der Waals surface area contributed by atoms with Gasteiger partial charge in [0.25, 0.3) is 0 Å². The van der Waals surface area contributed by atoms with Crippen molar-refractivity contribution in [3.05, 3.63) is 47.9 Å². The molecule has 1 unspecified atom stereocenters. The van der Waals surface area contributed by atoms with Gasteiger partial charge in [0.05, 0.1) is 18.3 Å². The van der Waals surface area contributed by atoms with Crippen LogP contribution in [0.25, 0.3) is 0 Å². The molecule has 0 saturated heterocycles. The Bertz CT molecular complexity index is 505. The van der Waals surface area contributed by atoms with E-state index in [0.29, 0.717) is 6.61 Å². The third-order valence-electron chi connectivity index (χ3n) is 2.75. The topological polar surface area (TPSA) is 34.4 Å². The van der Waals surface area contributed by atoms with Crippen LogP contribution in [0.3, 0.4) is 0 Å². The van der Waals surface area contributed by atoms with E-state index in [0.717, 1.165) is 23.0 Å². The lowest BCUT2D eigenvalue weighted by Crippen LogP contribution is -2.07. The second kappa shape index (κ2) is 5.63. The van der Waals surface area contributed by atoms with Gasteiger partial charge in [0.15, 0.2) is 0 Å². The van der Waals surface area contributed by atoms with Crippen molar-refractivity contribution in [1.29, 1.82) is 0 Å². The van der Waals surface area contributed by atoms with E-state index in [9.17, 15) is 0 Å². The van der Waals surface area contributed by atoms with E-state index in [2.05, 4.69) is 12.2 Å². The average Bonchev–Trinajstić information content (AvgIpc) is 2.79. The third kappa shape index (κ3) is 2.86. The van der Waals surface area contributed by atoms with Crippen LogP contribution in [0.2, 0.25) is 0 Å². The van der Waals surface area contributed by atoms with Crippen LogP contribution in [0, 0.1) is 6.92 Å². The molecule has 2 rings (SSSR count). The summed E-state index contributed by atoms with van der Waals surface area (Å²) in [6.45, 7) is 6.66. The molecule has 0 aliphatic heterocycles. The molecule has 0 aliphatic rings. The summed E-state index contributed by atoms with van der Waals surface area (Å²) < 4.78 is 11.2. The zero-order valence-electron chi connectivity index (χ0n) is 11.1. The lowest BCUT2D eigenvalue weighted by Gasteiger charge is -2.16. The van der Waals surface area contributed by atoms with Crippen LogP contribution in [0.15, 0.2) is 40.8 Å². The maximum Gasteiger partial charge on any atom is 0.142 e. The van der Waals surface area contributed by atoms with Crippen molar-refractivity contribution in [2.24, 2.45) is 0 Å². The number of ether oxygens (including phenoxy) is 1. The van der Waals surface area contributed by atoms with Gasteiger partial charge in [0.1, 0.15) is 17.3 Å². The van der Waals surface area contributed by atoms with E-state index in [1.807, 2.05) is 50.2 Å². The summed E-state index contributed by atoms with van der Waals surface area (Å²) >= 11 is 0. The first kappa shape index (κ1) is 12.6. The Morgan fingerprint density at radius 2 is 2.00 bits per heavy atom. The summed E-state index contributed by atoms with van der Waals surface area (Å²) in [6, 6.07) is 12.0. The van der Waals surface area contributed by atoms with Gasteiger partial charge in [-0.3, -0.25) is 0 Å². The van der Waals surface area contributed by atoms with Crippen molar-refractivity contribution in [2.45, 2.75) is 26.8 Å². The Morgan fingerprint density at radius 1 is 1.22 bits per heavy atom. The minimum absolute atomic E-state index is 0.111. The van der Waals surface area contributed by atoms with Crippen molar-refractivity contribution < 1.29 is 9.15 Å². The molecular formula is C15H19NO2. The molecule has 18 heavy (non-hydrogen) atoms. The van der Waals surface area contributed by atoms with Crippen LogP contribution in [0.5, 0.6) is 5.75 Å². The summed E-state index contributed by atoms with van der Waals surface area (Å²) in [5.41, 5.74) is 0.987. The second-order valence-electron chi connectivity index (χ2n) is 4.24. The number of rotatable bonds is 5. The number of nitrogens with one attached hydrogen (secondary N) is 1.